The summed E-state index contributed by atoms with van der Waals surface area (Å²) in [4.78, 5) is 16.6. The first-order valence-electron chi connectivity index (χ1n) is 14.4. The third kappa shape index (κ3) is 9.14. The molecule has 6 aromatic rings. The second-order valence-corrected chi connectivity index (χ2v) is 10.8. The van der Waals surface area contributed by atoms with E-state index >= 15 is 0 Å². The van der Waals surface area contributed by atoms with Crippen molar-refractivity contribution in [1.29, 1.82) is 0 Å². The largest absolute Gasteiger partial charge is 0.457 e. The number of anilines is 4. The lowest BCUT2D eigenvalue weighted by Crippen LogP contribution is -2.30. The number of nitrogens with zero attached hydrogens (tertiary/aromatic N) is 3. The number of halogens is 1. The Bertz CT molecular complexity index is 1660. The first kappa shape index (κ1) is 30.3. The van der Waals surface area contributed by atoms with Crippen LogP contribution in [0.4, 0.5) is 22.7 Å². The highest BCUT2D eigenvalue weighted by atomic mass is 35.5. The van der Waals surface area contributed by atoms with Crippen LogP contribution in [0, 0.1) is 0 Å². The van der Waals surface area contributed by atoms with Gasteiger partial charge in [-0.1, -0.05) is 35.9 Å². The van der Waals surface area contributed by atoms with Gasteiger partial charge in [0.15, 0.2) is 0 Å². The molecule has 224 valence electrons. The zero-order valence-corrected chi connectivity index (χ0v) is 25.5. The molecule has 9 heteroatoms. The number of aromatic amines is 2. The van der Waals surface area contributed by atoms with Gasteiger partial charge in [-0.2, -0.15) is 0 Å². The highest BCUT2D eigenvalue weighted by Crippen LogP contribution is 2.28. The van der Waals surface area contributed by atoms with E-state index in [4.69, 9.17) is 16.3 Å². The lowest BCUT2D eigenvalue weighted by molar-refractivity contribution is 0.482. The first-order chi connectivity index (χ1) is 21.5. The van der Waals surface area contributed by atoms with Crippen molar-refractivity contribution in [2.24, 2.45) is 0 Å². The Hall–Kier alpha value is -5.21. The molecule has 6 rings (SSSR count). The lowest BCUT2D eigenvalue weighted by Gasteiger charge is -2.28. The standard InChI is InChI=1S/C19H20ClN3O.C16H16N4/c1-14(2)23(12-16-11-21-13-22-16)17-4-3-5-19(10-17)24-18-8-6-15(20)7-9-18;1-2-4-14(5-3-1)20-15-8-6-13(7-9-15)18-11-16-10-17-12-19-16/h3-11,13-14H,12H2,1-2H3,(H,21,22);1-10,12,18,20H,11H2,(H,17,19). The zero-order chi connectivity index (χ0) is 30.6. The van der Waals surface area contributed by atoms with Crippen molar-refractivity contribution in [3.8, 4) is 11.5 Å². The maximum Gasteiger partial charge on any atom is 0.129 e. The van der Waals surface area contributed by atoms with Gasteiger partial charge in [-0.3, -0.25) is 0 Å². The highest BCUT2D eigenvalue weighted by molar-refractivity contribution is 6.30. The predicted octanol–water partition coefficient (Wildman–Crippen LogP) is 9.04. The van der Waals surface area contributed by atoms with Gasteiger partial charge in [0.05, 0.1) is 37.1 Å². The van der Waals surface area contributed by atoms with E-state index in [-0.39, 0.29) is 0 Å². The fourth-order valence-electron chi connectivity index (χ4n) is 4.43. The van der Waals surface area contributed by atoms with Gasteiger partial charge in [0.2, 0.25) is 0 Å². The summed E-state index contributed by atoms with van der Waals surface area (Å²) < 4.78 is 5.93. The van der Waals surface area contributed by atoms with Gasteiger partial charge in [-0.05, 0) is 86.6 Å². The van der Waals surface area contributed by atoms with E-state index < -0.39 is 0 Å². The van der Waals surface area contributed by atoms with Crippen molar-refractivity contribution >= 4 is 34.4 Å². The van der Waals surface area contributed by atoms with E-state index in [1.54, 1.807) is 12.7 Å². The van der Waals surface area contributed by atoms with Gasteiger partial charge in [0.25, 0.3) is 0 Å². The van der Waals surface area contributed by atoms with Crippen LogP contribution in [0.25, 0.3) is 0 Å². The van der Waals surface area contributed by atoms with E-state index in [1.807, 2.05) is 85.2 Å². The highest BCUT2D eigenvalue weighted by Gasteiger charge is 2.13. The number of para-hydroxylation sites is 1. The number of hydrogen-bond acceptors (Lipinski definition) is 6. The summed E-state index contributed by atoms with van der Waals surface area (Å²) in [7, 11) is 0. The van der Waals surface area contributed by atoms with Crippen LogP contribution >= 0.6 is 11.6 Å². The molecule has 0 aliphatic rings. The van der Waals surface area contributed by atoms with Gasteiger partial charge in [0.1, 0.15) is 11.5 Å². The maximum absolute atomic E-state index is 5.93. The summed E-state index contributed by atoms with van der Waals surface area (Å²) in [6, 6.07) is 34.2. The molecule has 0 aliphatic heterocycles. The molecule has 0 unspecified atom stereocenters. The molecule has 2 heterocycles. The molecule has 0 amide bonds. The third-order valence-electron chi connectivity index (χ3n) is 6.70. The SMILES string of the molecule is CC(C)N(Cc1cnc[nH]1)c1cccc(Oc2ccc(Cl)cc2)c1.c1ccc(Nc2ccc(NCc3cnc[nH]3)cc2)cc1. The minimum atomic E-state index is 0.346. The molecule has 4 N–H and O–H groups in total. The minimum absolute atomic E-state index is 0.346. The Kier molecular flexibility index (Phi) is 10.5. The molecule has 0 radical (unpaired) electrons. The summed E-state index contributed by atoms with van der Waals surface area (Å²) in [6.45, 7) is 5.85. The second-order valence-electron chi connectivity index (χ2n) is 10.4. The summed E-state index contributed by atoms with van der Waals surface area (Å²) in [5, 5.41) is 7.39. The zero-order valence-electron chi connectivity index (χ0n) is 24.7. The van der Waals surface area contributed by atoms with Crippen molar-refractivity contribution in [2.45, 2.75) is 33.0 Å². The van der Waals surface area contributed by atoms with Gasteiger partial charge in [-0.15, -0.1) is 0 Å². The smallest absolute Gasteiger partial charge is 0.129 e. The normalized spacial score (nSPS) is 10.5. The molecule has 8 nitrogen and oxygen atoms in total. The van der Waals surface area contributed by atoms with E-state index in [0.29, 0.717) is 11.1 Å². The summed E-state index contributed by atoms with van der Waals surface area (Å²) in [5.74, 6) is 1.56. The van der Waals surface area contributed by atoms with Crippen molar-refractivity contribution in [3.63, 3.8) is 0 Å². The van der Waals surface area contributed by atoms with Gasteiger partial charge < -0.3 is 30.2 Å². The van der Waals surface area contributed by atoms with E-state index in [0.717, 1.165) is 58.7 Å². The minimum Gasteiger partial charge on any atom is -0.457 e. The summed E-state index contributed by atoms with van der Waals surface area (Å²) in [5.41, 5.74) is 6.49. The van der Waals surface area contributed by atoms with Gasteiger partial charge in [-0.25, -0.2) is 9.97 Å². The Morgan fingerprint density at radius 2 is 1.39 bits per heavy atom. The Morgan fingerprint density at radius 1 is 0.727 bits per heavy atom. The fraction of sp³-hybridized carbons (Fsp3) is 0.143. The number of H-pyrrole nitrogens is 2. The van der Waals surface area contributed by atoms with E-state index in [1.165, 1.54) is 0 Å². The van der Waals surface area contributed by atoms with Gasteiger partial charge in [0, 0.05) is 52.3 Å². The third-order valence-corrected chi connectivity index (χ3v) is 6.95. The Morgan fingerprint density at radius 3 is 2.05 bits per heavy atom. The van der Waals surface area contributed by atoms with Crippen LogP contribution in [0.2, 0.25) is 5.02 Å². The lowest BCUT2D eigenvalue weighted by atomic mass is 10.2. The van der Waals surface area contributed by atoms with E-state index in [2.05, 4.69) is 79.6 Å². The molecule has 4 aromatic carbocycles. The van der Waals surface area contributed by atoms with Crippen LogP contribution in [0.3, 0.4) is 0 Å². The second kappa shape index (κ2) is 15.3. The quantitative estimate of drug-likeness (QED) is 0.118. The average Bonchev–Trinajstić information content (AvgIpc) is 3.77. The van der Waals surface area contributed by atoms with Crippen molar-refractivity contribution in [1.82, 2.24) is 19.9 Å². The maximum atomic E-state index is 5.93. The molecule has 0 spiro atoms. The van der Waals surface area contributed by atoms with Crippen LogP contribution in [0.15, 0.2) is 128 Å². The molecular formula is C35H36ClN7O. The van der Waals surface area contributed by atoms with Crippen LogP contribution < -0.4 is 20.3 Å². The molecule has 0 atom stereocenters. The molecule has 0 saturated heterocycles. The van der Waals surface area contributed by atoms with E-state index in [9.17, 15) is 0 Å². The number of imidazole rings is 2. The summed E-state index contributed by atoms with van der Waals surface area (Å²) in [6.07, 6.45) is 7.06. The van der Waals surface area contributed by atoms with Crippen LogP contribution in [-0.4, -0.2) is 26.0 Å². The molecule has 0 bridgehead atoms. The average molecular weight is 606 g/mol. The monoisotopic (exact) mass is 605 g/mol. The first-order valence-corrected chi connectivity index (χ1v) is 14.8. The Labute approximate surface area is 263 Å². The summed E-state index contributed by atoms with van der Waals surface area (Å²) >= 11 is 5.91. The predicted molar refractivity (Wildman–Crippen MR) is 180 cm³/mol. The number of benzene rings is 4. The number of nitrogens with one attached hydrogen (secondary N) is 4. The molecule has 44 heavy (non-hydrogen) atoms. The van der Waals surface area contributed by atoms with Crippen molar-refractivity contribution < 1.29 is 4.74 Å². The number of aromatic nitrogens is 4. The number of rotatable bonds is 11. The molecule has 0 saturated carbocycles. The number of hydrogen-bond donors (Lipinski definition) is 4. The molecule has 2 aromatic heterocycles. The van der Waals surface area contributed by atoms with Crippen LogP contribution in [0.1, 0.15) is 25.2 Å². The molecule has 0 fully saturated rings. The molecule has 0 aliphatic carbocycles. The van der Waals surface area contributed by atoms with Crippen molar-refractivity contribution in [3.05, 3.63) is 145 Å². The van der Waals surface area contributed by atoms with Gasteiger partial charge >= 0.3 is 0 Å². The van der Waals surface area contributed by atoms with Crippen molar-refractivity contribution in [2.75, 3.05) is 15.5 Å². The topological polar surface area (TPSA) is 93.9 Å². The van der Waals surface area contributed by atoms with Crippen LogP contribution in [0.5, 0.6) is 11.5 Å². The molecular weight excluding hydrogens is 570 g/mol. The Balaban J connectivity index is 0.000000177. The van der Waals surface area contributed by atoms with Crippen LogP contribution in [-0.2, 0) is 13.1 Å². The number of ether oxygens (including phenoxy) is 1. The fourth-order valence-corrected chi connectivity index (χ4v) is 4.56.